The monoisotopic (exact) mass is 318 g/mol. The van der Waals surface area contributed by atoms with Crippen LogP contribution in [0.5, 0.6) is 0 Å². The van der Waals surface area contributed by atoms with E-state index in [1.165, 1.54) is 12.8 Å². The van der Waals surface area contributed by atoms with Crippen LogP contribution in [-0.2, 0) is 11.3 Å². The van der Waals surface area contributed by atoms with Crippen LogP contribution in [0, 0.1) is 0 Å². The topological polar surface area (TPSA) is 55.0 Å². The van der Waals surface area contributed by atoms with Gasteiger partial charge >= 0.3 is 0 Å². The third kappa shape index (κ3) is 3.11. The van der Waals surface area contributed by atoms with Gasteiger partial charge in [0.1, 0.15) is 10.3 Å². The first kappa shape index (κ1) is 13.1. The molecule has 0 aromatic carbocycles. The van der Waals surface area contributed by atoms with Crippen molar-refractivity contribution in [3.63, 3.8) is 0 Å². The fraction of sp³-hybridized carbons (Fsp3) is 0.636. The number of nitrogens with zero attached hydrogens (tertiary/aromatic N) is 1. The summed E-state index contributed by atoms with van der Waals surface area (Å²) >= 11 is 5.12. The van der Waals surface area contributed by atoms with Crippen molar-refractivity contribution in [2.45, 2.75) is 31.1 Å². The summed E-state index contributed by atoms with van der Waals surface area (Å²) in [6.45, 7) is 0.356. The lowest BCUT2D eigenvalue weighted by Crippen LogP contribution is -2.18. The van der Waals surface area contributed by atoms with Crippen molar-refractivity contribution >= 4 is 27.7 Å². The largest absolute Gasteiger partial charge is 0.378 e. The molecule has 17 heavy (non-hydrogen) atoms. The Bertz CT molecular complexity index is 444. The first-order valence-electron chi connectivity index (χ1n) is 5.61. The highest BCUT2D eigenvalue weighted by Crippen LogP contribution is 2.36. The first-order valence-corrected chi connectivity index (χ1v) is 7.45. The number of hydrogen-bond donors (Lipinski definition) is 1. The SMILES string of the molecule is COCc1nc(C2CCCCS2)[nH]c(=O)c1Br. The molecule has 1 N–H and O–H groups in total. The summed E-state index contributed by atoms with van der Waals surface area (Å²) in [5.41, 5.74) is 0.561. The number of thioether (sulfide) groups is 1. The number of hydrogen-bond acceptors (Lipinski definition) is 4. The second-order valence-electron chi connectivity index (χ2n) is 4.00. The zero-order chi connectivity index (χ0) is 12.3. The quantitative estimate of drug-likeness (QED) is 0.930. The fourth-order valence-electron chi connectivity index (χ4n) is 1.87. The van der Waals surface area contributed by atoms with Crippen LogP contribution in [0.3, 0.4) is 0 Å². The summed E-state index contributed by atoms with van der Waals surface area (Å²) in [6.07, 6.45) is 3.55. The Kier molecular flexibility index (Phi) is 4.64. The van der Waals surface area contributed by atoms with E-state index in [2.05, 4.69) is 25.9 Å². The number of aromatic nitrogens is 2. The normalized spacial score (nSPS) is 20.5. The summed E-state index contributed by atoms with van der Waals surface area (Å²) in [7, 11) is 1.60. The molecule has 94 valence electrons. The van der Waals surface area contributed by atoms with Gasteiger partial charge < -0.3 is 9.72 Å². The third-order valence-corrected chi connectivity index (χ3v) is 4.92. The minimum Gasteiger partial charge on any atom is -0.378 e. The van der Waals surface area contributed by atoms with E-state index in [-0.39, 0.29) is 5.56 Å². The summed E-state index contributed by atoms with van der Waals surface area (Å²) in [4.78, 5) is 19.1. The molecule has 1 unspecified atom stereocenters. The van der Waals surface area contributed by atoms with Gasteiger partial charge in [0.2, 0.25) is 0 Å². The zero-order valence-corrected chi connectivity index (χ0v) is 12.1. The van der Waals surface area contributed by atoms with E-state index in [0.29, 0.717) is 22.0 Å². The van der Waals surface area contributed by atoms with E-state index in [0.717, 1.165) is 18.0 Å². The van der Waals surface area contributed by atoms with Crippen molar-refractivity contribution in [2.75, 3.05) is 12.9 Å². The second-order valence-corrected chi connectivity index (χ2v) is 6.10. The number of ether oxygens (including phenoxy) is 1. The number of nitrogens with one attached hydrogen (secondary N) is 1. The van der Waals surface area contributed by atoms with E-state index < -0.39 is 0 Å². The van der Waals surface area contributed by atoms with Gasteiger partial charge in [0, 0.05) is 7.11 Å². The van der Waals surface area contributed by atoms with Crippen LogP contribution in [-0.4, -0.2) is 22.8 Å². The van der Waals surface area contributed by atoms with Gasteiger partial charge in [-0.1, -0.05) is 6.42 Å². The lowest BCUT2D eigenvalue weighted by atomic mass is 10.2. The number of methoxy groups -OCH3 is 1. The summed E-state index contributed by atoms with van der Waals surface area (Å²) in [6, 6.07) is 0. The molecular formula is C11H15BrN2O2S. The van der Waals surface area contributed by atoms with Crippen LogP contribution in [0.2, 0.25) is 0 Å². The average Bonchev–Trinajstić information content (AvgIpc) is 2.36. The summed E-state index contributed by atoms with van der Waals surface area (Å²) in [5.74, 6) is 1.93. The predicted molar refractivity (Wildman–Crippen MR) is 72.3 cm³/mol. The molecule has 0 spiro atoms. The lowest BCUT2D eigenvalue weighted by Gasteiger charge is -2.20. The Morgan fingerprint density at radius 3 is 3.06 bits per heavy atom. The van der Waals surface area contributed by atoms with Gasteiger partial charge in [-0.15, -0.1) is 0 Å². The minimum absolute atomic E-state index is 0.117. The number of aromatic amines is 1. The molecule has 1 fully saturated rings. The van der Waals surface area contributed by atoms with E-state index in [9.17, 15) is 4.79 Å². The molecule has 1 aromatic rings. The fourth-order valence-corrected chi connectivity index (χ4v) is 3.43. The maximum absolute atomic E-state index is 11.8. The molecule has 0 radical (unpaired) electrons. The van der Waals surface area contributed by atoms with Crippen molar-refractivity contribution in [3.05, 3.63) is 26.3 Å². The van der Waals surface area contributed by atoms with Gasteiger partial charge in [-0.3, -0.25) is 4.79 Å². The summed E-state index contributed by atoms with van der Waals surface area (Å²) in [5, 5.41) is 0.320. The molecule has 0 bridgehead atoms. The predicted octanol–water partition coefficient (Wildman–Crippen LogP) is 2.64. The Balaban J connectivity index is 2.30. The van der Waals surface area contributed by atoms with Gasteiger partial charge in [0.05, 0.1) is 17.6 Å². The molecule has 1 atom stereocenters. The van der Waals surface area contributed by atoms with Crippen molar-refractivity contribution < 1.29 is 4.74 Å². The maximum Gasteiger partial charge on any atom is 0.265 e. The molecule has 0 aliphatic carbocycles. The Morgan fingerprint density at radius 1 is 1.59 bits per heavy atom. The number of halogens is 1. The second kappa shape index (κ2) is 6.02. The van der Waals surface area contributed by atoms with Crippen molar-refractivity contribution in [1.29, 1.82) is 0 Å². The van der Waals surface area contributed by atoms with Crippen molar-refractivity contribution in [1.82, 2.24) is 9.97 Å². The number of H-pyrrole nitrogens is 1. The van der Waals surface area contributed by atoms with Gasteiger partial charge in [0.25, 0.3) is 5.56 Å². The molecule has 1 aromatic heterocycles. The van der Waals surface area contributed by atoms with Crippen LogP contribution in [0.1, 0.15) is 36.0 Å². The smallest absolute Gasteiger partial charge is 0.265 e. The summed E-state index contributed by atoms with van der Waals surface area (Å²) < 4.78 is 5.53. The van der Waals surface area contributed by atoms with Gasteiger partial charge in [-0.25, -0.2) is 4.98 Å². The highest BCUT2D eigenvalue weighted by molar-refractivity contribution is 9.10. The Hall–Kier alpha value is -0.330. The van der Waals surface area contributed by atoms with Gasteiger partial charge in [0.15, 0.2) is 0 Å². The molecule has 1 aliphatic heterocycles. The highest BCUT2D eigenvalue weighted by atomic mass is 79.9. The lowest BCUT2D eigenvalue weighted by molar-refractivity contribution is 0.180. The number of rotatable bonds is 3. The standard InChI is InChI=1S/C11H15BrN2O2S/c1-16-6-7-9(12)11(15)14-10(13-7)8-4-2-3-5-17-8/h8H,2-6H2,1H3,(H,13,14,15). The molecular weight excluding hydrogens is 304 g/mol. The molecule has 2 rings (SSSR count). The van der Waals surface area contributed by atoms with Gasteiger partial charge in [-0.2, -0.15) is 11.8 Å². The third-order valence-electron chi connectivity index (χ3n) is 2.72. The zero-order valence-electron chi connectivity index (χ0n) is 9.66. The molecule has 0 saturated carbocycles. The Morgan fingerprint density at radius 2 is 2.41 bits per heavy atom. The van der Waals surface area contributed by atoms with Gasteiger partial charge in [-0.05, 0) is 34.5 Å². The molecule has 4 nitrogen and oxygen atoms in total. The maximum atomic E-state index is 11.8. The Labute approximate surface area is 113 Å². The molecule has 2 heterocycles. The minimum atomic E-state index is -0.117. The van der Waals surface area contributed by atoms with Crippen LogP contribution in [0.25, 0.3) is 0 Å². The van der Waals surface area contributed by atoms with E-state index in [1.807, 2.05) is 11.8 Å². The van der Waals surface area contributed by atoms with Crippen molar-refractivity contribution in [2.24, 2.45) is 0 Å². The first-order chi connectivity index (χ1) is 8.22. The molecule has 1 aliphatic rings. The van der Waals surface area contributed by atoms with E-state index >= 15 is 0 Å². The highest BCUT2D eigenvalue weighted by Gasteiger charge is 2.20. The van der Waals surface area contributed by atoms with Crippen LogP contribution >= 0.6 is 27.7 Å². The molecule has 1 saturated heterocycles. The van der Waals surface area contributed by atoms with Crippen LogP contribution in [0.15, 0.2) is 9.27 Å². The molecule has 0 amide bonds. The molecule has 6 heteroatoms. The average molecular weight is 319 g/mol. The van der Waals surface area contributed by atoms with E-state index in [1.54, 1.807) is 7.11 Å². The van der Waals surface area contributed by atoms with E-state index in [4.69, 9.17) is 4.74 Å². The van der Waals surface area contributed by atoms with Crippen LogP contribution in [0.4, 0.5) is 0 Å². The van der Waals surface area contributed by atoms with Crippen LogP contribution < -0.4 is 5.56 Å². The van der Waals surface area contributed by atoms with Crippen molar-refractivity contribution in [3.8, 4) is 0 Å².